The molecule has 0 aliphatic heterocycles. The standard InChI is InChI=1S/C12H18N2O3S/c1-12(2,3)5-4-9(15)13-6-10-14-8(7-18-10)11(16)17/h7H,4-6H2,1-3H3,(H,13,15)(H,16,17). The summed E-state index contributed by atoms with van der Waals surface area (Å²) < 4.78 is 0. The van der Waals surface area contributed by atoms with Crippen molar-refractivity contribution < 1.29 is 14.7 Å². The molecule has 0 unspecified atom stereocenters. The van der Waals surface area contributed by atoms with E-state index in [2.05, 4.69) is 31.1 Å². The summed E-state index contributed by atoms with van der Waals surface area (Å²) in [7, 11) is 0. The van der Waals surface area contributed by atoms with Crippen molar-refractivity contribution in [1.29, 1.82) is 0 Å². The summed E-state index contributed by atoms with van der Waals surface area (Å²) in [6.45, 7) is 6.54. The topological polar surface area (TPSA) is 79.3 Å². The van der Waals surface area contributed by atoms with Gasteiger partial charge in [-0.15, -0.1) is 11.3 Å². The van der Waals surface area contributed by atoms with Crippen molar-refractivity contribution in [3.63, 3.8) is 0 Å². The number of rotatable bonds is 5. The predicted octanol–water partition coefficient (Wildman–Crippen LogP) is 2.28. The van der Waals surface area contributed by atoms with Crippen molar-refractivity contribution >= 4 is 23.2 Å². The van der Waals surface area contributed by atoms with Gasteiger partial charge in [-0.25, -0.2) is 9.78 Å². The highest BCUT2D eigenvalue weighted by molar-refractivity contribution is 7.09. The zero-order valence-corrected chi connectivity index (χ0v) is 11.6. The molecule has 0 aliphatic rings. The van der Waals surface area contributed by atoms with Crippen LogP contribution in [0.3, 0.4) is 0 Å². The normalized spacial score (nSPS) is 11.3. The van der Waals surface area contributed by atoms with E-state index in [1.54, 1.807) is 0 Å². The number of nitrogens with zero attached hydrogens (tertiary/aromatic N) is 1. The fourth-order valence-corrected chi connectivity index (χ4v) is 1.95. The quantitative estimate of drug-likeness (QED) is 0.860. The highest BCUT2D eigenvalue weighted by Gasteiger charge is 2.13. The summed E-state index contributed by atoms with van der Waals surface area (Å²) in [5.74, 6) is -1.08. The second-order valence-corrected chi connectivity index (χ2v) is 6.21. The molecule has 18 heavy (non-hydrogen) atoms. The molecule has 0 saturated heterocycles. The number of hydrogen-bond donors (Lipinski definition) is 2. The van der Waals surface area contributed by atoms with Crippen LogP contribution in [-0.2, 0) is 11.3 Å². The second kappa shape index (κ2) is 5.95. The van der Waals surface area contributed by atoms with Gasteiger partial charge in [0.1, 0.15) is 5.01 Å². The van der Waals surface area contributed by atoms with Crippen LogP contribution in [-0.4, -0.2) is 22.0 Å². The Balaban J connectivity index is 2.36. The zero-order valence-electron chi connectivity index (χ0n) is 10.8. The molecule has 0 saturated carbocycles. The van der Waals surface area contributed by atoms with Crippen LogP contribution in [0.15, 0.2) is 5.38 Å². The first-order valence-electron chi connectivity index (χ1n) is 5.72. The van der Waals surface area contributed by atoms with E-state index in [0.717, 1.165) is 6.42 Å². The lowest BCUT2D eigenvalue weighted by Gasteiger charge is -2.17. The predicted molar refractivity (Wildman–Crippen MR) is 69.6 cm³/mol. The maximum atomic E-state index is 11.6. The van der Waals surface area contributed by atoms with Crippen LogP contribution in [0.2, 0.25) is 0 Å². The number of carboxylic acid groups (broad SMARTS) is 1. The molecule has 0 fully saturated rings. The van der Waals surface area contributed by atoms with Crippen LogP contribution < -0.4 is 5.32 Å². The van der Waals surface area contributed by atoms with Gasteiger partial charge in [0.2, 0.25) is 5.91 Å². The van der Waals surface area contributed by atoms with Gasteiger partial charge in [0.25, 0.3) is 0 Å². The number of hydrogen-bond acceptors (Lipinski definition) is 4. The van der Waals surface area contributed by atoms with E-state index in [0.29, 0.717) is 18.0 Å². The molecule has 1 amide bonds. The summed E-state index contributed by atoms with van der Waals surface area (Å²) >= 11 is 1.24. The fourth-order valence-electron chi connectivity index (χ4n) is 1.24. The molecule has 2 N–H and O–H groups in total. The molecule has 1 aromatic heterocycles. The van der Waals surface area contributed by atoms with E-state index < -0.39 is 5.97 Å². The van der Waals surface area contributed by atoms with Crippen LogP contribution in [0, 0.1) is 5.41 Å². The van der Waals surface area contributed by atoms with Crippen molar-refractivity contribution in [3.05, 3.63) is 16.1 Å². The van der Waals surface area contributed by atoms with Gasteiger partial charge in [-0.05, 0) is 11.8 Å². The fraction of sp³-hybridized carbons (Fsp3) is 0.583. The van der Waals surface area contributed by atoms with E-state index in [1.807, 2.05) is 0 Å². The van der Waals surface area contributed by atoms with Crippen LogP contribution in [0.5, 0.6) is 0 Å². The average Bonchev–Trinajstić information content (AvgIpc) is 2.71. The van der Waals surface area contributed by atoms with Gasteiger partial charge in [-0.1, -0.05) is 20.8 Å². The third kappa shape index (κ3) is 5.27. The third-order valence-corrected chi connectivity index (χ3v) is 3.16. The number of aromatic nitrogens is 1. The Hall–Kier alpha value is -1.43. The SMILES string of the molecule is CC(C)(C)CCC(=O)NCc1nc(C(=O)O)cs1. The summed E-state index contributed by atoms with van der Waals surface area (Å²) in [6.07, 6.45) is 1.29. The van der Waals surface area contributed by atoms with E-state index >= 15 is 0 Å². The molecule has 0 radical (unpaired) electrons. The smallest absolute Gasteiger partial charge is 0.355 e. The summed E-state index contributed by atoms with van der Waals surface area (Å²) in [5.41, 5.74) is 0.161. The van der Waals surface area contributed by atoms with Crippen molar-refractivity contribution in [1.82, 2.24) is 10.3 Å². The maximum Gasteiger partial charge on any atom is 0.355 e. The number of carbonyl (C=O) groups excluding carboxylic acids is 1. The lowest BCUT2D eigenvalue weighted by Crippen LogP contribution is -2.24. The van der Waals surface area contributed by atoms with Crippen LogP contribution in [0.25, 0.3) is 0 Å². The Bertz CT molecular complexity index is 435. The minimum atomic E-state index is -1.04. The monoisotopic (exact) mass is 270 g/mol. The summed E-state index contributed by atoms with van der Waals surface area (Å²) in [6, 6.07) is 0. The molecule has 100 valence electrons. The lowest BCUT2D eigenvalue weighted by molar-refractivity contribution is -0.121. The van der Waals surface area contributed by atoms with E-state index in [-0.39, 0.29) is 17.0 Å². The van der Waals surface area contributed by atoms with Crippen LogP contribution in [0.4, 0.5) is 0 Å². The molecule has 0 aromatic carbocycles. The van der Waals surface area contributed by atoms with Crippen molar-refractivity contribution in [2.45, 2.75) is 40.2 Å². The van der Waals surface area contributed by atoms with Gasteiger partial charge >= 0.3 is 5.97 Å². The molecule has 0 bridgehead atoms. The largest absolute Gasteiger partial charge is 0.476 e. The molecule has 0 atom stereocenters. The molecule has 6 heteroatoms. The van der Waals surface area contributed by atoms with Crippen LogP contribution in [0.1, 0.15) is 49.1 Å². The number of aromatic carboxylic acids is 1. The first-order valence-corrected chi connectivity index (χ1v) is 6.60. The first-order chi connectivity index (χ1) is 8.28. The number of amides is 1. The Morgan fingerprint density at radius 3 is 2.61 bits per heavy atom. The van der Waals surface area contributed by atoms with Gasteiger partial charge in [-0.3, -0.25) is 4.79 Å². The van der Waals surface area contributed by atoms with E-state index in [1.165, 1.54) is 16.7 Å². The first kappa shape index (κ1) is 14.6. The molecule has 0 aliphatic carbocycles. The molecule has 0 spiro atoms. The van der Waals surface area contributed by atoms with Crippen LogP contribution >= 0.6 is 11.3 Å². The minimum absolute atomic E-state index is 0.0268. The van der Waals surface area contributed by atoms with Gasteiger partial charge in [-0.2, -0.15) is 0 Å². The molecule has 1 rings (SSSR count). The number of carboxylic acids is 1. The lowest BCUT2D eigenvalue weighted by atomic mass is 9.90. The molecule has 1 aromatic rings. The minimum Gasteiger partial charge on any atom is -0.476 e. The third-order valence-electron chi connectivity index (χ3n) is 2.31. The molecular formula is C12H18N2O3S. The summed E-state index contributed by atoms with van der Waals surface area (Å²) in [5, 5.41) is 13.5. The Morgan fingerprint density at radius 1 is 1.44 bits per heavy atom. The zero-order chi connectivity index (χ0) is 13.8. The van der Waals surface area contributed by atoms with Gasteiger partial charge in [0.15, 0.2) is 5.69 Å². The van der Waals surface area contributed by atoms with Gasteiger partial charge in [0, 0.05) is 11.8 Å². The number of nitrogens with one attached hydrogen (secondary N) is 1. The Kier molecular flexibility index (Phi) is 4.84. The highest BCUT2D eigenvalue weighted by Crippen LogP contribution is 2.20. The van der Waals surface area contributed by atoms with E-state index in [9.17, 15) is 9.59 Å². The maximum absolute atomic E-state index is 11.6. The van der Waals surface area contributed by atoms with Crippen molar-refractivity contribution in [2.24, 2.45) is 5.41 Å². The van der Waals surface area contributed by atoms with Gasteiger partial charge in [0.05, 0.1) is 6.54 Å². The molecular weight excluding hydrogens is 252 g/mol. The number of carbonyl (C=O) groups is 2. The van der Waals surface area contributed by atoms with Gasteiger partial charge < -0.3 is 10.4 Å². The summed E-state index contributed by atoms with van der Waals surface area (Å²) in [4.78, 5) is 26.1. The number of thiazole rings is 1. The Morgan fingerprint density at radius 2 is 2.11 bits per heavy atom. The molecule has 1 heterocycles. The highest BCUT2D eigenvalue weighted by atomic mass is 32.1. The van der Waals surface area contributed by atoms with E-state index in [4.69, 9.17) is 5.11 Å². The molecule has 5 nitrogen and oxygen atoms in total. The Labute approximate surface area is 110 Å². The van der Waals surface area contributed by atoms with Crippen molar-refractivity contribution in [3.8, 4) is 0 Å². The second-order valence-electron chi connectivity index (χ2n) is 5.27. The van der Waals surface area contributed by atoms with Crippen molar-refractivity contribution in [2.75, 3.05) is 0 Å². The average molecular weight is 270 g/mol.